The number of ether oxygens (including phenoxy) is 1. The quantitative estimate of drug-likeness (QED) is 0.373. The van der Waals surface area contributed by atoms with Crippen LogP contribution in [0, 0.1) is 0 Å². The van der Waals surface area contributed by atoms with Crippen LogP contribution in [0.25, 0.3) is 11.1 Å². The highest BCUT2D eigenvalue weighted by molar-refractivity contribution is 5.77. The monoisotopic (exact) mass is 312 g/mol. The van der Waals surface area contributed by atoms with Crippen LogP contribution in [0.1, 0.15) is 44.6 Å². The van der Waals surface area contributed by atoms with E-state index in [0.717, 1.165) is 29.5 Å². The van der Waals surface area contributed by atoms with Crippen LogP contribution in [0.2, 0.25) is 0 Å². The number of carboxylic acid groups (broad SMARTS) is 1. The minimum absolute atomic E-state index is 0.412. The summed E-state index contributed by atoms with van der Waals surface area (Å²) in [6.07, 6.45) is 5.72. The Balaban J connectivity index is 2.24. The number of hydrogen-bond acceptors (Lipinski definition) is 2. The highest BCUT2D eigenvalue weighted by Crippen LogP contribution is 2.34. The molecule has 3 nitrogen and oxygen atoms in total. The molecule has 0 saturated heterocycles. The fourth-order valence-corrected chi connectivity index (χ4v) is 2.82. The molecule has 0 amide bonds. The maximum absolute atomic E-state index is 11.0. The first-order valence-electron chi connectivity index (χ1n) is 8.30. The molecule has 0 fully saturated rings. The molecule has 0 heterocycles. The molecular formula is C20H24O3. The lowest BCUT2D eigenvalue weighted by atomic mass is 9.94. The Morgan fingerprint density at radius 1 is 0.957 bits per heavy atom. The van der Waals surface area contributed by atoms with E-state index in [4.69, 9.17) is 9.84 Å². The zero-order valence-corrected chi connectivity index (χ0v) is 13.6. The molecule has 122 valence electrons. The molecule has 0 aliphatic carbocycles. The van der Waals surface area contributed by atoms with Gasteiger partial charge in [-0.05, 0) is 30.0 Å². The third-order valence-corrected chi connectivity index (χ3v) is 3.92. The summed E-state index contributed by atoms with van der Waals surface area (Å²) in [6, 6.07) is 15.5. The largest absolute Gasteiger partial charge is 0.511 e. The van der Waals surface area contributed by atoms with Gasteiger partial charge in [0, 0.05) is 5.56 Å². The van der Waals surface area contributed by atoms with Crippen molar-refractivity contribution in [3.8, 4) is 16.9 Å². The van der Waals surface area contributed by atoms with Gasteiger partial charge in [0.15, 0.2) is 0 Å². The van der Waals surface area contributed by atoms with Crippen LogP contribution >= 0.6 is 0 Å². The van der Waals surface area contributed by atoms with E-state index in [1.807, 2.05) is 36.4 Å². The van der Waals surface area contributed by atoms with Gasteiger partial charge in [0.05, 0.1) is 0 Å². The summed E-state index contributed by atoms with van der Waals surface area (Å²) < 4.78 is 5.00. The molecule has 0 aliphatic rings. The van der Waals surface area contributed by atoms with Crippen LogP contribution in [-0.4, -0.2) is 11.3 Å². The van der Waals surface area contributed by atoms with Crippen molar-refractivity contribution in [2.75, 3.05) is 0 Å². The molecule has 0 aliphatic heterocycles. The maximum atomic E-state index is 11.0. The third kappa shape index (κ3) is 5.13. The second-order valence-electron chi connectivity index (χ2n) is 5.69. The van der Waals surface area contributed by atoms with Gasteiger partial charge in [0.2, 0.25) is 0 Å². The fourth-order valence-electron chi connectivity index (χ4n) is 2.82. The van der Waals surface area contributed by atoms with Gasteiger partial charge in [0.1, 0.15) is 5.75 Å². The van der Waals surface area contributed by atoms with E-state index in [0.29, 0.717) is 5.75 Å². The molecule has 0 atom stereocenters. The van der Waals surface area contributed by atoms with E-state index in [2.05, 4.69) is 13.0 Å². The molecule has 0 saturated carbocycles. The van der Waals surface area contributed by atoms with Crippen molar-refractivity contribution >= 4 is 6.16 Å². The molecule has 0 radical (unpaired) electrons. The summed E-state index contributed by atoms with van der Waals surface area (Å²) >= 11 is 0. The van der Waals surface area contributed by atoms with Crippen molar-refractivity contribution in [3.05, 3.63) is 54.1 Å². The predicted octanol–water partition coefficient (Wildman–Crippen LogP) is 5.92. The highest BCUT2D eigenvalue weighted by Gasteiger charge is 2.14. The second-order valence-corrected chi connectivity index (χ2v) is 5.69. The van der Waals surface area contributed by atoms with Crippen molar-refractivity contribution in [2.45, 2.75) is 45.4 Å². The third-order valence-electron chi connectivity index (χ3n) is 3.92. The average Bonchev–Trinajstić information content (AvgIpc) is 2.55. The lowest BCUT2D eigenvalue weighted by molar-refractivity contribution is 0.144. The number of unbranched alkanes of at least 4 members (excludes halogenated alkanes) is 4. The number of benzene rings is 2. The van der Waals surface area contributed by atoms with Gasteiger partial charge in [-0.25, -0.2) is 4.79 Å². The summed E-state index contributed by atoms with van der Waals surface area (Å²) in [7, 11) is 0. The minimum atomic E-state index is -1.28. The minimum Gasteiger partial charge on any atom is -0.449 e. The van der Waals surface area contributed by atoms with E-state index in [-0.39, 0.29) is 0 Å². The first-order chi connectivity index (χ1) is 11.2. The lowest BCUT2D eigenvalue weighted by Gasteiger charge is -2.14. The smallest absolute Gasteiger partial charge is 0.449 e. The van der Waals surface area contributed by atoms with Gasteiger partial charge in [-0.1, -0.05) is 75.1 Å². The summed E-state index contributed by atoms with van der Waals surface area (Å²) in [5, 5.41) is 8.98. The van der Waals surface area contributed by atoms with Gasteiger partial charge in [-0.2, -0.15) is 0 Å². The SMILES string of the molecule is CCCCCCCc1cccc(OC(=O)O)c1-c1ccccc1. The Hall–Kier alpha value is -2.29. The maximum Gasteiger partial charge on any atom is 0.511 e. The van der Waals surface area contributed by atoms with E-state index < -0.39 is 6.16 Å². The van der Waals surface area contributed by atoms with Crippen molar-refractivity contribution in [2.24, 2.45) is 0 Å². The van der Waals surface area contributed by atoms with E-state index >= 15 is 0 Å². The van der Waals surface area contributed by atoms with E-state index in [1.165, 1.54) is 25.7 Å². The number of hydrogen-bond donors (Lipinski definition) is 1. The van der Waals surface area contributed by atoms with Crippen molar-refractivity contribution < 1.29 is 14.6 Å². The van der Waals surface area contributed by atoms with Gasteiger partial charge in [-0.15, -0.1) is 0 Å². The first-order valence-corrected chi connectivity index (χ1v) is 8.30. The fraction of sp³-hybridized carbons (Fsp3) is 0.350. The standard InChI is InChI=1S/C20H24O3/c1-2-3-4-5-7-11-17-14-10-15-18(23-20(21)22)19(17)16-12-8-6-9-13-16/h6,8-10,12-15H,2-5,7,11H2,1H3,(H,21,22). The molecule has 1 N–H and O–H groups in total. The van der Waals surface area contributed by atoms with Crippen molar-refractivity contribution in [3.63, 3.8) is 0 Å². The Kier molecular flexibility index (Phi) is 6.67. The van der Waals surface area contributed by atoms with Gasteiger partial charge in [-0.3, -0.25) is 0 Å². The molecular weight excluding hydrogens is 288 g/mol. The van der Waals surface area contributed by atoms with Gasteiger partial charge < -0.3 is 9.84 Å². The molecule has 0 bridgehead atoms. The average molecular weight is 312 g/mol. The summed E-state index contributed by atoms with van der Waals surface area (Å²) in [5.41, 5.74) is 3.03. The molecule has 0 unspecified atom stereocenters. The van der Waals surface area contributed by atoms with Crippen molar-refractivity contribution in [1.29, 1.82) is 0 Å². The van der Waals surface area contributed by atoms with Crippen LogP contribution in [0.3, 0.4) is 0 Å². The van der Waals surface area contributed by atoms with Gasteiger partial charge in [0.25, 0.3) is 0 Å². The van der Waals surface area contributed by atoms with Gasteiger partial charge >= 0.3 is 6.16 Å². The lowest BCUT2D eigenvalue weighted by Crippen LogP contribution is -2.05. The molecule has 2 aromatic carbocycles. The first kappa shape index (κ1) is 17.1. The Morgan fingerprint density at radius 2 is 1.70 bits per heavy atom. The molecule has 23 heavy (non-hydrogen) atoms. The molecule has 0 spiro atoms. The molecule has 2 aromatic rings. The normalized spacial score (nSPS) is 10.5. The zero-order valence-electron chi connectivity index (χ0n) is 13.6. The second kappa shape index (κ2) is 8.99. The van der Waals surface area contributed by atoms with E-state index in [1.54, 1.807) is 6.07 Å². The number of rotatable bonds is 8. The van der Waals surface area contributed by atoms with Crippen molar-refractivity contribution in [1.82, 2.24) is 0 Å². The van der Waals surface area contributed by atoms with Crippen LogP contribution in [0.5, 0.6) is 5.75 Å². The van der Waals surface area contributed by atoms with Crippen LogP contribution in [0.15, 0.2) is 48.5 Å². The molecule has 2 rings (SSSR count). The Bertz CT molecular complexity index is 620. The predicted molar refractivity (Wildman–Crippen MR) is 93.0 cm³/mol. The van der Waals surface area contributed by atoms with Crippen LogP contribution in [0.4, 0.5) is 4.79 Å². The molecule has 0 aromatic heterocycles. The topological polar surface area (TPSA) is 46.5 Å². The number of carbonyl (C=O) groups is 1. The Labute approximate surface area is 137 Å². The zero-order chi connectivity index (χ0) is 16.5. The summed E-state index contributed by atoms with van der Waals surface area (Å²) in [5.74, 6) is 0.412. The highest BCUT2D eigenvalue weighted by atomic mass is 16.7. The van der Waals surface area contributed by atoms with Crippen LogP contribution in [-0.2, 0) is 6.42 Å². The van der Waals surface area contributed by atoms with Crippen LogP contribution < -0.4 is 4.74 Å². The van der Waals surface area contributed by atoms with E-state index in [9.17, 15) is 4.79 Å². The summed E-state index contributed by atoms with van der Waals surface area (Å²) in [6.45, 7) is 2.21. The Morgan fingerprint density at radius 3 is 2.39 bits per heavy atom. The summed E-state index contributed by atoms with van der Waals surface area (Å²) in [4.78, 5) is 11.0. The number of aryl methyl sites for hydroxylation is 1. The molecule has 3 heteroatoms.